The lowest BCUT2D eigenvalue weighted by molar-refractivity contribution is -0.224. The van der Waals surface area contributed by atoms with Gasteiger partial charge in [-0.15, -0.1) is 0 Å². The fraction of sp³-hybridized carbons (Fsp3) is 0.250. The van der Waals surface area contributed by atoms with Crippen LogP contribution in [0.4, 0.5) is 13.2 Å². The van der Waals surface area contributed by atoms with Crippen LogP contribution in [0.25, 0.3) is 5.70 Å². The molecular formula is C12H10F3NO5. The molecule has 6 nitrogen and oxygen atoms in total. The Labute approximate surface area is 116 Å². The first-order chi connectivity index (χ1) is 9.70. The third kappa shape index (κ3) is 2.52. The maximum absolute atomic E-state index is 12.6. The Kier molecular flexibility index (Phi) is 3.56. The van der Waals surface area contributed by atoms with E-state index in [0.717, 1.165) is 25.3 Å². The second-order valence-corrected chi connectivity index (χ2v) is 4.14. The summed E-state index contributed by atoms with van der Waals surface area (Å²) < 4.78 is 42.1. The van der Waals surface area contributed by atoms with Crippen molar-refractivity contribution in [3.63, 3.8) is 0 Å². The minimum Gasteiger partial charge on any atom is -0.505 e. The third-order valence-electron chi connectivity index (χ3n) is 2.80. The molecule has 1 aromatic rings. The first kappa shape index (κ1) is 15.1. The summed E-state index contributed by atoms with van der Waals surface area (Å²) in [5, 5.41) is 19.6. The molecular weight excluding hydrogens is 295 g/mol. The molecule has 1 aliphatic heterocycles. The summed E-state index contributed by atoms with van der Waals surface area (Å²) in [5.41, 5.74) is 0.567. The van der Waals surface area contributed by atoms with Crippen molar-refractivity contribution in [3.05, 3.63) is 41.2 Å². The molecule has 1 heterocycles. The molecule has 1 aromatic carbocycles. The maximum atomic E-state index is 12.6. The van der Waals surface area contributed by atoms with Crippen molar-refractivity contribution in [1.82, 2.24) is 5.48 Å². The average Bonchev–Trinajstić information content (AvgIpc) is 2.75. The van der Waals surface area contributed by atoms with E-state index in [1.807, 2.05) is 5.48 Å². The zero-order chi connectivity index (χ0) is 15.8. The zero-order valence-corrected chi connectivity index (χ0v) is 10.6. The van der Waals surface area contributed by atoms with Crippen LogP contribution >= 0.6 is 0 Å². The van der Waals surface area contributed by atoms with E-state index in [4.69, 9.17) is 0 Å². The number of carbonyl (C=O) groups excluding carboxylic acids is 1. The number of halogens is 3. The number of esters is 1. The molecule has 0 radical (unpaired) electrons. The molecule has 0 aromatic heterocycles. The highest BCUT2D eigenvalue weighted by atomic mass is 19.4. The summed E-state index contributed by atoms with van der Waals surface area (Å²) in [6, 6.07) is 3.91. The highest BCUT2D eigenvalue weighted by molar-refractivity contribution is 5.86. The molecule has 0 amide bonds. The highest BCUT2D eigenvalue weighted by Crippen LogP contribution is 2.34. The van der Waals surface area contributed by atoms with Crippen LogP contribution in [0.5, 0.6) is 0 Å². The second-order valence-electron chi connectivity index (χ2n) is 4.14. The van der Waals surface area contributed by atoms with Crippen molar-refractivity contribution in [2.45, 2.75) is 12.0 Å². The zero-order valence-electron chi connectivity index (χ0n) is 10.6. The Balaban J connectivity index is 2.46. The van der Waals surface area contributed by atoms with E-state index in [9.17, 15) is 28.2 Å². The number of aliphatic hydroxyl groups excluding tert-OH is 1. The number of ether oxygens (including phenoxy) is 1. The summed E-state index contributed by atoms with van der Waals surface area (Å²) in [5.74, 6) is -5.12. The molecule has 0 saturated heterocycles. The summed E-state index contributed by atoms with van der Waals surface area (Å²) in [7, 11) is 0.944. The lowest BCUT2D eigenvalue weighted by Crippen LogP contribution is -2.42. The largest absolute Gasteiger partial charge is 0.505 e. The minimum atomic E-state index is -4.58. The molecule has 0 fully saturated rings. The van der Waals surface area contributed by atoms with Gasteiger partial charge in [0.05, 0.1) is 12.7 Å². The molecule has 0 saturated carbocycles. The molecule has 114 valence electrons. The van der Waals surface area contributed by atoms with Gasteiger partial charge in [0.25, 0.3) is 0 Å². The summed E-state index contributed by atoms with van der Waals surface area (Å²) >= 11 is 0. The maximum Gasteiger partial charge on any atom is 0.416 e. The van der Waals surface area contributed by atoms with Crippen LogP contribution in [0.1, 0.15) is 11.1 Å². The van der Waals surface area contributed by atoms with Crippen molar-refractivity contribution in [2.75, 3.05) is 7.11 Å². The predicted molar refractivity (Wildman–Crippen MR) is 62.2 cm³/mol. The van der Waals surface area contributed by atoms with Crippen molar-refractivity contribution >= 4 is 11.7 Å². The predicted octanol–water partition coefficient (Wildman–Crippen LogP) is 1.33. The fourth-order valence-electron chi connectivity index (χ4n) is 1.71. The van der Waals surface area contributed by atoms with Gasteiger partial charge in [0, 0.05) is 5.56 Å². The monoisotopic (exact) mass is 305 g/mol. The number of aliphatic hydroxyl groups is 2. The van der Waals surface area contributed by atoms with Gasteiger partial charge in [0.15, 0.2) is 5.76 Å². The molecule has 1 unspecified atom stereocenters. The number of hydrogen-bond acceptors (Lipinski definition) is 6. The van der Waals surface area contributed by atoms with Crippen LogP contribution in [0.2, 0.25) is 0 Å². The van der Waals surface area contributed by atoms with Crippen LogP contribution in [0.15, 0.2) is 30.0 Å². The standard InChI is InChI=1S/C12H10F3NO5/c1-20-10(18)11(19)9(17)8(16-21-11)6-3-2-4-7(5-6)12(13,14)15/h2-5,16-17,19H,1H3. The highest BCUT2D eigenvalue weighted by Gasteiger charge is 2.51. The summed E-state index contributed by atoms with van der Waals surface area (Å²) in [6.07, 6.45) is -4.58. The molecule has 3 N–H and O–H groups in total. The minimum absolute atomic E-state index is 0.123. The summed E-state index contributed by atoms with van der Waals surface area (Å²) in [4.78, 5) is 15.9. The smallest absolute Gasteiger partial charge is 0.416 e. The van der Waals surface area contributed by atoms with Crippen LogP contribution < -0.4 is 5.48 Å². The Morgan fingerprint density at radius 3 is 2.67 bits per heavy atom. The number of nitrogens with one attached hydrogen (secondary N) is 1. The number of hydrogen-bond donors (Lipinski definition) is 3. The first-order valence-electron chi connectivity index (χ1n) is 5.56. The Hall–Kier alpha value is -2.26. The molecule has 21 heavy (non-hydrogen) atoms. The Bertz CT molecular complexity index is 613. The quantitative estimate of drug-likeness (QED) is 0.714. The van der Waals surface area contributed by atoms with Crippen LogP contribution in [0.3, 0.4) is 0 Å². The molecule has 2 rings (SSSR count). The lowest BCUT2D eigenvalue weighted by Gasteiger charge is -2.16. The van der Waals surface area contributed by atoms with Gasteiger partial charge < -0.3 is 14.9 Å². The van der Waals surface area contributed by atoms with E-state index in [1.165, 1.54) is 6.07 Å². The Morgan fingerprint density at radius 2 is 2.10 bits per heavy atom. The molecule has 0 bridgehead atoms. The SMILES string of the molecule is COC(=O)C1(O)ONC(c2cccc(C(F)(F)F)c2)=C1O. The van der Waals surface area contributed by atoms with Gasteiger partial charge in [-0.05, 0) is 12.1 Å². The number of methoxy groups -OCH3 is 1. The third-order valence-corrected chi connectivity index (χ3v) is 2.80. The molecule has 9 heteroatoms. The van der Waals surface area contributed by atoms with Crippen LogP contribution in [-0.2, 0) is 20.5 Å². The molecule has 1 aliphatic rings. The number of carbonyl (C=O) groups is 1. The molecule has 0 spiro atoms. The van der Waals surface area contributed by atoms with Gasteiger partial charge in [0.1, 0.15) is 5.70 Å². The van der Waals surface area contributed by atoms with E-state index in [-0.39, 0.29) is 11.3 Å². The molecule has 1 atom stereocenters. The van der Waals surface area contributed by atoms with Gasteiger partial charge in [-0.25, -0.2) is 9.63 Å². The second kappa shape index (κ2) is 4.93. The van der Waals surface area contributed by atoms with E-state index in [0.29, 0.717) is 0 Å². The lowest BCUT2D eigenvalue weighted by atomic mass is 10.1. The Morgan fingerprint density at radius 1 is 1.43 bits per heavy atom. The summed E-state index contributed by atoms with van der Waals surface area (Å²) in [6.45, 7) is 0. The topological polar surface area (TPSA) is 88.0 Å². The molecule has 0 aliphatic carbocycles. The number of alkyl halides is 3. The van der Waals surface area contributed by atoms with Crippen LogP contribution in [0, 0.1) is 0 Å². The fourth-order valence-corrected chi connectivity index (χ4v) is 1.71. The van der Waals surface area contributed by atoms with Gasteiger partial charge >= 0.3 is 17.9 Å². The van der Waals surface area contributed by atoms with Crippen molar-refractivity contribution in [1.29, 1.82) is 0 Å². The van der Waals surface area contributed by atoms with E-state index in [2.05, 4.69) is 9.57 Å². The average molecular weight is 305 g/mol. The van der Waals surface area contributed by atoms with E-state index < -0.39 is 29.3 Å². The van der Waals surface area contributed by atoms with Gasteiger partial charge in [0.2, 0.25) is 0 Å². The van der Waals surface area contributed by atoms with Gasteiger partial charge in [-0.1, -0.05) is 12.1 Å². The number of hydroxylamine groups is 1. The van der Waals surface area contributed by atoms with Crippen molar-refractivity contribution in [2.24, 2.45) is 0 Å². The first-order valence-corrected chi connectivity index (χ1v) is 5.56. The number of rotatable bonds is 2. The van der Waals surface area contributed by atoms with E-state index in [1.54, 1.807) is 0 Å². The van der Waals surface area contributed by atoms with Gasteiger partial charge in [-0.2, -0.15) is 13.2 Å². The van der Waals surface area contributed by atoms with Crippen molar-refractivity contribution < 1.29 is 37.8 Å². The van der Waals surface area contributed by atoms with Crippen molar-refractivity contribution in [3.8, 4) is 0 Å². The van der Waals surface area contributed by atoms with Crippen LogP contribution in [-0.4, -0.2) is 29.1 Å². The van der Waals surface area contributed by atoms with E-state index >= 15 is 0 Å². The normalized spacial score (nSPS) is 22.1. The number of benzene rings is 1. The van der Waals surface area contributed by atoms with Gasteiger partial charge in [-0.3, -0.25) is 5.48 Å².